The summed E-state index contributed by atoms with van der Waals surface area (Å²) in [4.78, 5) is 3.48. The van der Waals surface area contributed by atoms with Gasteiger partial charge < -0.3 is 10.3 Å². The zero-order valence-electron chi connectivity index (χ0n) is 13.4. The van der Waals surface area contributed by atoms with Crippen LogP contribution in [-0.2, 0) is 12.8 Å². The van der Waals surface area contributed by atoms with Crippen LogP contribution in [0.5, 0.6) is 0 Å². The number of hydrogen-bond donors (Lipinski definition) is 2. The van der Waals surface area contributed by atoms with Crippen LogP contribution in [0, 0.1) is 6.92 Å². The summed E-state index contributed by atoms with van der Waals surface area (Å²) in [6, 6.07) is 19.7. The molecule has 22 heavy (non-hydrogen) atoms. The first-order valence-corrected chi connectivity index (χ1v) is 8.07. The molecule has 0 aliphatic carbocycles. The molecule has 0 spiro atoms. The molecular weight excluding hydrogens is 268 g/mol. The van der Waals surface area contributed by atoms with Crippen LogP contribution in [0.1, 0.15) is 23.7 Å². The lowest BCUT2D eigenvalue weighted by Crippen LogP contribution is -2.30. The van der Waals surface area contributed by atoms with Gasteiger partial charge >= 0.3 is 0 Å². The number of H-pyrrole nitrogens is 1. The highest BCUT2D eigenvalue weighted by Crippen LogP contribution is 2.21. The highest BCUT2D eigenvalue weighted by molar-refractivity contribution is 5.84. The Bertz CT molecular complexity index is 728. The third-order valence-corrected chi connectivity index (χ3v) is 4.28. The Kier molecular flexibility index (Phi) is 4.59. The first kappa shape index (κ1) is 14.9. The maximum atomic E-state index is 3.65. The number of hydrogen-bond acceptors (Lipinski definition) is 1. The van der Waals surface area contributed by atoms with Gasteiger partial charge in [-0.1, -0.05) is 48.5 Å². The van der Waals surface area contributed by atoms with Crippen molar-refractivity contribution in [2.75, 3.05) is 6.54 Å². The standard InChI is InChI=1S/C20H24N2/c1-15(14-17-8-4-3-5-9-17)21-13-12-18-16(2)22-20-11-7-6-10-19(18)20/h3-11,15,21-22H,12-14H2,1-2H3. The zero-order chi connectivity index (χ0) is 15.4. The van der Waals surface area contributed by atoms with E-state index in [1.165, 1.54) is 27.7 Å². The largest absolute Gasteiger partial charge is 0.358 e. The van der Waals surface area contributed by atoms with Crippen molar-refractivity contribution >= 4 is 10.9 Å². The van der Waals surface area contributed by atoms with E-state index in [4.69, 9.17) is 0 Å². The number of para-hydroxylation sites is 1. The van der Waals surface area contributed by atoms with E-state index in [1.54, 1.807) is 0 Å². The Labute approximate surface area is 132 Å². The number of aromatic nitrogens is 1. The second-order valence-electron chi connectivity index (χ2n) is 6.07. The molecule has 0 aliphatic heterocycles. The molecule has 2 heteroatoms. The molecule has 1 heterocycles. The minimum Gasteiger partial charge on any atom is -0.358 e. The van der Waals surface area contributed by atoms with Crippen LogP contribution in [0.25, 0.3) is 10.9 Å². The normalized spacial score (nSPS) is 12.6. The second-order valence-corrected chi connectivity index (χ2v) is 6.07. The fraction of sp³-hybridized carbons (Fsp3) is 0.300. The minimum absolute atomic E-state index is 0.493. The van der Waals surface area contributed by atoms with Crippen LogP contribution in [-0.4, -0.2) is 17.6 Å². The van der Waals surface area contributed by atoms with Gasteiger partial charge in [-0.3, -0.25) is 0 Å². The first-order valence-electron chi connectivity index (χ1n) is 8.07. The van der Waals surface area contributed by atoms with Gasteiger partial charge in [0.2, 0.25) is 0 Å². The van der Waals surface area contributed by atoms with Gasteiger partial charge in [0, 0.05) is 22.6 Å². The number of aryl methyl sites for hydroxylation is 1. The first-order chi connectivity index (χ1) is 10.7. The predicted molar refractivity (Wildman–Crippen MR) is 94.4 cm³/mol. The Morgan fingerprint density at radius 2 is 1.73 bits per heavy atom. The fourth-order valence-electron chi connectivity index (χ4n) is 3.14. The van der Waals surface area contributed by atoms with E-state index in [1.807, 2.05) is 0 Å². The van der Waals surface area contributed by atoms with Crippen molar-refractivity contribution in [1.29, 1.82) is 0 Å². The lowest BCUT2D eigenvalue weighted by Gasteiger charge is -2.14. The van der Waals surface area contributed by atoms with Crippen molar-refractivity contribution in [2.24, 2.45) is 0 Å². The molecule has 0 aliphatic rings. The molecule has 1 unspecified atom stereocenters. The van der Waals surface area contributed by atoms with Gasteiger partial charge in [-0.15, -0.1) is 0 Å². The van der Waals surface area contributed by atoms with E-state index in [2.05, 4.69) is 78.7 Å². The van der Waals surface area contributed by atoms with Crippen LogP contribution >= 0.6 is 0 Å². The molecule has 3 rings (SSSR count). The summed E-state index contributed by atoms with van der Waals surface area (Å²) in [5.41, 5.74) is 5.37. The summed E-state index contributed by atoms with van der Waals surface area (Å²) in [5.74, 6) is 0. The van der Waals surface area contributed by atoms with E-state index in [0.29, 0.717) is 6.04 Å². The van der Waals surface area contributed by atoms with Crippen LogP contribution in [0.15, 0.2) is 54.6 Å². The van der Waals surface area contributed by atoms with Crippen molar-refractivity contribution in [3.63, 3.8) is 0 Å². The number of aromatic amines is 1. The van der Waals surface area contributed by atoms with Gasteiger partial charge in [0.25, 0.3) is 0 Å². The SMILES string of the molecule is Cc1[nH]c2ccccc2c1CCNC(C)Cc1ccccc1. The highest BCUT2D eigenvalue weighted by Gasteiger charge is 2.08. The average Bonchev–Trinajstić information content (AvgIpc) is 2.84. The van der Waals surface area contributed by atoms with Crippen molar-refractivity contribution < 1.29 is 0 Å². The Morgan fingerprint density at radius 1 is 1.00 bits per heavy atom. The maximum absolute atomic E-state index is 3.65. The zero-order valence-corrected chi connectivity index (χ0v) is 13.4. The number of nitrogens with one attached hydrogen (secondary N) is 2. The summed E-state index contributed by atoms with van der Waals surface area (Å²) in [7, 11) is 0. The smallest absolute Gasteiger partial charge is 0.0458 e. The fourth-order valence-corrected chi connectivity index (χ4v) is 3.14. The van der Waals surface area contributed by atoms with E-state index in [9.17, 15) is 0 Å². The summed E-state index contributed by atoms with van der Waals surface area (Å²) in [6.07, 6.45) is 2.14. The monoisotopic (exact) mass is 292 g/mol. The molecule has 2 nitrogen and oxygen atoms in total. The molecule has 0 amide bonds. The third kappa shape index (κ3) is 3.40. The van der Waals surface area contributed by atoms with Crippen molar-refractivity contribution in [3.05, 3.63) is 71.4 Å². The highest BCUT2D eigenvalue weighted by atomic mass is 14.9. The van der Waals surface area contributed by atoms with E-state index >= 15 is 0 Å². The minimum atomic E-state index is 0.493. The molecule has 0 bridgehead atoms. The van der Waals surface area contributed by atoms with Gasteiger partial charge in [0.05, 0.1) is 0 Å². The molecule has 2 N–H and O–H groups in total. The molecule has 0 saturated carbocycles. The quantitative estimate of drug-likeness (QED) is 0.699. The van der Waals surface area contributed by atoms with Gasteiger partial charge in [0.1, 0.15) is 0 Å². The van der Waals surface area contributed by atoms with Gasteiger partial charge in [-0.2, -0.15) is 0 Å². The van der Waals surface area contributed by atoms with Crippen molar-refractivity contribution in [2.45, 2.75) is 32.7 Å². The number of benzene rings is 2. The number of rotatable bonds is 6. The third-order valence-electron chi connectivity index (χ3n) is 4.28. The molecule has 0 saturated heterocycles. The lowest BCUT2D eigenvalue weighted by atomic mass is 10.1. The van der Waals surface area contributed by atoms with Crippen LogP contribution < -0.4 is 5.32 Å². The summed E-state index contributed by atoms with van der Waals surface area (Å²) in [6.45, 7) is 5.44. The average molecular weight is 292 g/mol. The molecule has 114 valence electrons. The van der Waals surface area contributed by atoms with Crippen molar-refractivity contribution in [3.8, 4) is 0 Å². The molecule has 1 aromatic heterocycles. The molecular formula is C20H24N2. The molecule has 0 fully saturated rings. The Morgan fingerprint density at radius 3 is 2.55 bits per heavy atom. The topological polar surface area (TPSA) is 27.8 Å². The predicted octanol–water partition coefficient (Wildman–Crippen LogP) is 4.24. The van der Waals surface area contributed by atoms with Crippen LogP contribution in [0.2, 0.25) is 0 Å². The second kappa shape index (κ2) is 6.80. The van der Waals surface area contributed by atoms with Crippen LogP contribution in [0.3, 0.4) is 0 Å². The van der Waals surface area contributed by atoms with E-state index in [-0.39, 0.29) is 0 Å². The number of fused-ring (bicyclic) bond motifs is 1. The Hall–Kier alpha value is -2.06. The van der Waals surface area contributed by atoms with Gasteiger partial charge in [-0.05, 0) is 50.4 Å². The summed E-state index contributed by atoms with van der Waals surface area (Å²) in [5, 5.41) is 5.01. The van der Waals surface area contributed by atoms with E-state index in [0.717, 1.165) is 19.4 Å². The van der Waals surface area contributed by atoms with Gasteiger partial charge in [0.15, 0.2) is 0 Å². The lowest BCUT2D eigenvalue weighted by molar-refractivity contribution is 0.548. The molecule has 0 radical (unpaired) electrons. The summed E-state index contributed by atoms with van der Waals surface area (Å²) >= 11 is 0. The summed E-state index contributed by atoms with van der Waals surface area (Å²) < 4.78 is 0. The van der Waals surface area contributed by atoms with Gasteiger partial charge in [-0.25, -0.2) is 0 Å². The Balaban J connectivity index is 1.57. The van der Waals surface area contributed by atoms with Crippen molar-refractivity contribution in [1.82, 2.24) is 10.3 Å². The maximum Gasteiger partial charge on any atom is 0.0458 e. The molecule has 1 atom stereocenters. The molecule has 2 aromatic carbocycles. The molecule has 3 aromatic rings. The van der Waals surface area contributed by atoms with Crippen LogP contribution in [0.4, 0.5) is 0 Å². The van der Waals surface area contributed by atoms with E-state index < -0.39 is 0 Å².